The van der Waals surface area contributed by atoms with E-state index in [1.165, 1.54) is 29.2 Å². The third kappa shape index (κ3) is 6.21. The van der Waals surface area contributed by atoms with Crippen molar-refractivity contribution in [2.75, 3.05) is 25.1 Å². The standard InChI is InChI=1S/C26H33F3N2O2/c1-4-12-30(13-5-2)24-16-21-10-7-9-20(21)15-22(24)18-31(25(32)33-3)17-19-8-6-11-23(14-19)26(27,28)29/h6,8,11,14-16H,4-5,7,9-10,12-13,17-18H2,1-3H3. The van der Waals surface area contributed by atoms with E-state index in [1.807, 2.05) is 0 Å². The van der Waals surface area contributed by atoms with Gasteiger partial charge in [-0.05, 0) is 72.6 Å². The molecule has 2 aromatic rings. The molecule has 0 aromatic heterocycles. The number of nitrogens with zero attached hydrogens (tertiary/aromatic N) is 2. The predicted octanol–water partition coefficient (Wildman–Crippen LogP) is 6.59. The number of hydrogen-bond acceptors (Lipinski definition) is 3. The number of amides is 1. The van der Waals surface area contributed by atoms with Crippen LogP contribution in [0.5, 0.6) is 0 Å². The molecule has 180 valence electrons. The molecule has 0 atom stereocenters. The van der Waals surface area contributed by atoms with Crippen LogP contribution in [-0.2, 0) is 36.8 Å². The largest absolute Gasteiger partial charge is 0.453 e. The van der Waals surface area contributed by atoms with Crippen LogP contribution in [0.3, 0.4) is 0 Å². The monoisotopic (exact) mass is 462 g/mol. The molecule has 0 unspecified atom stereocenters. The maximum absolute atomic E-state index is 13.2. The van der Waals surface area contributed by atoms with E-state index in [4.69, 9.17) is 4.74 Å². The van der Waals surface area contributed by atoms with E-state index in [-0.39, 0.29) is 13.1 Å². The quantitative estimate of drug-likeness (QED) is 0.421. The van der Waals surface area contributed by atoms with Crippen LogP contribution in [0, 0.1) is 0 Å². The van der Waals surface area contributed by atoms with E-state index in [1.54, 1.807) is 6.07 Å². The third-order valence-electron chi connectivity index (χ3n) is 6.04. The summed E-state index contributed by atoms with van der Waals surface area (Å²) < 4.78 is 44.5. The van der Waals surface area contributed by atoms with Crippen molar-refractivity contribution in [2.24, 2.45) is 0 Å². The van der Waals surface area contributed by atoms with Gasteiger partial charge in [0.2, 0.25) is 0 Å². The molecule has 0 radical (unpaired) electrons. The molecule has 33 heavy (non-hydrogen) atoms. The molecule has 0 bridgehead atoms. The first-order valence-corrected chi connectivity index (χ1v) is 11.7. The zero-order valence-corrected chi connectivity index (χ0v) is 19.7. The second-order valence-electron chi connectivity index (χ2n) is 8.61. The topological polar surface area (TPSA) is 32.8 Å². The van der Waals surface area contributed by atoms with Gasteiger partial charge in [-0.15, -0.1) is 0 Å². The maximum atomic E-state index is 13.2. The van der Waals surface area contributed by atoms with Crippen molar-refractivity contribution >= 4 is 11.8 Å². The van der Waals surface area contributed by atoms with Gasteiger partial charge in [0.05, 0.1) is 19.2 Å². The molecule has 0 spiro atoms. The molecule has 1 aliphatic rings. The maximum Gasteiger partial charge on any atom is 0.416 e. The van der Waals surface area contributed by atoms with Gasteiger partial charge in [-0.3, -0.25) is 4.90 Å². The highest BCUT2D eigenvalue weighted by Gasteiger charge is 2.31. The minimum absolute atomic E-state index is 0.0364. The first kappa shape index (κ1) is 24.9. The number of hydrogen-bond donors (Lipinski definition) is 0. The molecule has 4 nitrogen and oxygen atoms in total. The highest BCUT2D eigenvalue weighted by Crippen LogP contribution is 2.33. The van der Waals surface area contributed by atoms with Crippen LogP contribution in [-0.4, -0.2) is 31.2 Å². The molecule has 3 rings (SSSR count). The van der Waals surface area contributed by atoms with E-state index in [0.29, 0.717) is 5.56 Å². The summed E-state index contributed by atoms with van der Waals surface area (Å²) in [6, 6.07) is 9.55. The number of alkyl halides is 3. The van der Waals surface area contributed by atoms with Crippen LogP contribution in [0.2, 0.25) is 0 Å². The summed E-state index contributed by atoms with van der Waals surface area (Å²) in [5, 5.41) is 0. The van der Waals surface area contributed by atoms with E-state index in [2.05, 4.69) is 30.9 Å². The van der Waals surface area contributed by atoms with Crippen LogP contribution >= 0.6 is 0 Å². The minimum atomic E-state index is -4.43. The normalized spacial score (nSPS) is 13.0. The van der Waals surface area contributed by atoms with Crippen molar-refractivity contribution in [2.45, 2.75) is 65.2 Å². The number of fused-ring (bicyclic) bond motifs is 1. The summed E-state index contributed by atoms with van der Waals surface area (Å²) in [7, 11) is 1.30. The lowest BCUT2D eigenvalue weighted by Gasteiger charge is -2.30. The molecule has 0 N–H and O–H groups in total. The smallest absolute Gasteiger partial charge is 0.416 e. The number of carbonyl (C=O) groups is 1. The van der Waals surface area contributed by atoms with Gasteiger partial charge in [-0.2, -0.15) is 13.2 Å². The highest BCUT2D eigenvalue weighted by molar-refractivity contribution is 5.68. The van der Waals surface area contributed by atoms with Crippen LogP contribution in [0.4, 0.5) is 23.7 Å². The van der Waals surface area contributed by atoms with Gasteiger partial charge >= 0.3 is 12.3 Å². The fourth-order valence-corrected chi connectivity index (χ4v) is 4.56. The predicted molar refractivity (Wildman–Crippen MR) is 124 cm³/mol. The average molecular weight is 463 g/mol. The Bertz CT molecular complexity index is 953. The van der Waals surface area contributed by atoms with Gasteiger partial charge in [-0.1, -0.05) is 32.0 Å². The lowest BCUT2D eigenvalue weighted by Crippen LogP contribution is -2.32. The minimum Gasteiger partial charge on any atom is -0.453 e. The molecule has 0 heterocycles. The Kier molecular flexibility index (Phi) is 8.27. The Labute approximate surface area is 194 Å². The highest BCUT2D eigenvalue weighted by atomic mass is 19.4. The second-order valence-corrected chi connectivity index (χ2v) is 8.61. The van der Waals surface area contributed by atoms with E-state index in [9.17, 15) is 18.0 Å². The zero-order valence-electron chi connectivity index (χ0n) is 19.7. The summed E-state index contributed by atoms with van der Waals surface area (Å²) in [6.45, 7) is 6.41. The molecule has 0 saturated carbocycles. The van der Waals surface area contributed by atoms with Crippen LogP contribution < -0.4 is 4.90 Å². The summed E-state index contributed by atoms with van der Waals surface area (Å²) in [5.41, 5.74) is 4.46. The molecule has 7 heteroatoms. The number of carbonyl (C=O) groups excluding carboxylic acids is 1. The van der Waals surface area contributed by atoms with Crippen molar-refractivity contribution in [3.05, 3.63) is 64.2 Å². The fraction of sp³-hybridized carbons (Fsp3) is 0.500. The number of aryl methyl sites for hydroxylation is 2. The summed E-state index contributed by atoms with van der Waals surface area (Å²) >= 11 is 0. The number of ether oxygens (including phenoxy) is 1. The van der Waals surface area contributed by atoms with Crippen LogP contribution in [0.1, 0.15) is 60.9 Å². The summed E-state index contributed by atoms with van der Waals surface area (Å²) in [6.07, 6.45) is 0.195. The summed E-state index contributed by atoms with van der Waals surface area (Å²) in [5.74, 6) is 0. The number of methoxy groups -OCH3 is 1. The molecular formula is C26H33F3N2O2. The van der Waals surface area contributed by atoms with Crippen molar-refractivity contribution in [3.8, 4) is 0 Å². The fourth-order valence-electron chi connectivity index (χ4n) is 4.56. The lowest BCUT2D eigenvalue weighted by atomic mass is 10.0. The molecule has 0 aliphatic heterocycles. The molecule has 1 aliphatic carbocycles. The zero-order chi connectivity index (χ0) is 24.0. The van der Waals surface area contributed by atoms with E-state index in [0.717, 1.165) is 68.6 Å². The lowest BCUT2D eigenvalue weighted by molar-refractivity contribution is -0.137. The Morgan fingerprint density at radius 2 is 1.67 bits per heavy atom. The second kappa shape index (κ2) is 10.9. The van der Waals surface area contributed by atoms with E-state index < -0.39 is 17.8 Å². The van der Waals surface area contributed by atoms with Crippen molar-refractivity contribution in [1.82, 2.24) is 4.90 Å². The third-order valence-corrected chi connectivity index (χ3v) is 6.04. The van der Waals surface area contributed by atoms with Gasteiger partial charge in [0.25, 0.3) is 0 Å². The Morgan fingerprint density at radius 1 is 1.00 bits per heavy atom. The first-order valence-electron chi connectivity index (χ1n) is 11.7. The van der Waals surface area contributed by atoms with Crippen LogP contribution in [0.15, 0.2) is 36.4 Å². The van der Waals surface area contributed by atoms with Crippen molar-refractivity contribution in [1.29, 1.82) is 0 Å². The summed E-state index contributed by atoms with van der Waals surface area (Å²) in [4.78, 5) is 16.5. The SMILES string of the molecule is CCCN(CCC)c1cc2c(cc1CN(Cc1cccc(C(F)(F)F)c1)C(=O)OC)CCC2. The Morgan fingerprint density at radius 3 is 2.27 bits per heavy atom. The molecule has 2 aromatic carbocycles. The van der Waals surface area contributed by atoms with Gasteiger partial charge in [0.1, 0.15) is 0 Å². The number of rotatable bonds is 9. The number of anilines is 1. The molecule has 0 saturated heterocycles. The van der Waals surface area contributed by atoms with Crippen LogP contribution in [0.25, 0.3) is 0 Å². The van der Waals surface area contributed by atoms with Crippen molar-refractivity contribution in [3.63, 3.8) is 0 Å². The molecular weight excluding hydrogens is 429 g/mol. The Balaban J connectivity index is 1.95. The number of benzene rings is 2. The number of halogens is 3. The van der Waals surface area contributed by atoms with Gasteiger partial charge in [0.15, 0.2) is 0 Å². The van der Waals surface area contributed by atoms with Crippen molar-refractivity contribution < 1.29 is 22.7 Å². The molecule has 0 fully saturated rings. The first-order chi connectivity index (χ1) is 15.8. The van der Waals surface area contributed by atoms with Gasteiger partial charge in [0, 0.05) is 25.3 Å². The Hall–Kier alpha value is -2.70. The van der Waals surface area contributed by atoms with Gasteiger partial charge < -0.3 is 9.64 Å². The average Bonchev–Trinajstić information content (AvgIpc) is 3.24. The van der Waals surface area contributed by atoms with Gasteiger partial charge in [-0.25, -0.2) is 4.79 Å². The molecule has 1 amide bonds. The van der Waals surface area contributed by atoms with E-state index >= 15 is 0 Å².